The molecule has 2 N–H and O–H groups in total. The van der Waals surface area contributed by atoms with Gasteiger partial charge in [-0.3, -0.25) is 9.59 Å². The second kappa shape index (κ2) is 6.13. The van der Waals surface area contributed by atoms with Crippen molar-refractivity contribution in [1.82, 2.24) is 10.3 Å². The Labute approximate surface area is 128 Å². The molecule has 1 aromatic heterocycles. The van der Waals surface area contributed by atoms with Crippen LogP contribution in [0.4, 0.5) is 0 Å². The first-order valence-electron chi connectivity index (χ1n) is 7.23. The Morgan fingerprint density at radius 2 is 2.05 bits per heavy atom. The number of hydrogen-bond acceptors (Lipinski definition) is 4. The number of hydrogen-bond donors (Lipinski definition) is 2. The van der Waals surface area contributed by atoms with Gasteiger partial charge in [-0.2, -0.15) is 0 Å². The lowest BCUT2D eigenvalue weighted by atomic mass is 9.93. The maximum absolute atomic E-state index is 12.1. The number of nitrogens with one attached hydrogen (secondary N) is 1. The van der Waals surface area contributed by atoms with Gasteiger partial charge in [-0.1, -0.05) is 20.8 Å². The first kappa shape index (κ1) is 15.9. The highest BCUT2D eigenvalue weighted by atomic mass is 32.1. The van der Waals surface area contributed by atoms with Crippen LogP contribution in [-0.4, -0.2) is 22.0 Å². The molecule has 0 unspecified atom stereocenters. The number of aliphatic carboxylic acids is 1. The van der Waals surface area contributed by atoms with E-state index in [1.807, 2.05) is 5.38 Å². The Morgan fingerprint density at radius 3 is 2.57 bits per heavy atom. The summed E-state index contributed by atoms with van der Waals surface area (Å²) < 4.78 is 0. The van der Waals surface area contributed by atoms with Gasteiger partial charge in [0.1, 0.15) is 5.01 Å². The molecule has 1 aromatic rings. The van der Waals surface area contributed by atoms with E-state index in [9.17, 15) is 9.59 Å². The number of carboxylic acid groups (broad SMARTS) is 1. The molecule has 21 heavy (non-hydrogen) atoms. The summed E-state index contributed by atoms with van der Waals surface area (Å²) in [4.78, 5) is 27.5. The molecule has 6 heteroatoms. The molecule has 1 amide bonds. The number of carbonyl (C=O) groups excluding carboxylic acids is 1. The Morgan fingerprint density at radius 1 is 1.38 bits per heavy atom. The van der Waals surface area contributed by atoms with Crippen LogP contribution in [0.2, 0.25) is 0 Å². The largest absolute Gasteiger partial charge is 0.481 e. The molecule has 2 rings (SSSR count). The average Bonchev–Trinajstić information content (AvgIpc) is 3.04. The summed E-state index contributed by atoms with van der Waals surface area (Å²) in [6.07, 6.45) is 1.71. The maximum Gasteiger partial charge on any atom is 0.306 e. The molecule has 1 saturated carbocycles. The number of thiazole rings is 1. The third-order valence-corrected chi connectivity index (χ3v) is 4.74. The molecular formula is C15H22N2O3S. The first-order chi connectivity index (χ1) is 9.77. The molecule has 116 valence electrons. The van der Waals surface area contributed by atoms with Crippen molar-refractivity contribution in [2.75, 3.05) is 0 Å². The smallest absolute Gasteiger partial charge is 0.306 e. The predicted octanol–water partition coefficient (Wildman–Crippen LogP) is 2.56. The van der Waals surface area contributed by atoms with Crippen molar-refractivity contribution in [3.63, 3.8) is 0 Å². The molecule has 0 aliphatic heterocycles. The van der Waals surface area contributed by atoms with E-state index in [2.05, 4.69) is 31.1 Å². The zero-order valence-corrected chi connectivity index (χ0v) is 13.5. The third-order valence-electron chi connectivity index (χ3n) is 3.89. The minimum Gasteiger partial charge on any atom is -0.481 e. The van der Waals surface area contributed by atoms with Gasteiger partial charge < -0.3 is 10.4 Å². The van der Waals surface area contributed by atoms with E-state index in [1.54, 1.807) is 11.3 Å². The number of carboxylic acids is 1. The van der Waals surface area contributed by atoms with Crippen LogP contribution in [0.25, 0.3) is 0 Å². The fraction of sp³-hybridized carbons (Fsp3) is 0.667. The summed E-state index contributed by atoms with van der Waals surface area (Å²) in [6, 6.07) is 0. The second-order valence-corrected chi connectivity index (χ2v) is 7.58. The zero-order valence-electron chi connectivity index (χ0n) is 12.7. The van der Waals surface area contributed by atoms with Crippen LogP contribution in [0.15, 0.2) is 5.38 Å². The Balaban J connectivity index is 1.85. The predicted molar refractivity (Wildman–Crippen MR) is 81.1 cm³/mol. The average molecular weight is 310 g/mol. The van der Waals surface area contributed by atoms with E-state index >= 15 is 0 Å². The van der Waals surface area contributed by atoms with Gasteiger partial charge in [-0.05, 0) is 19.3 Å². The summed E-state index contributed by atoms with van der Waals surface area (Å²) in [5, 5.41) is 14.8. The topological polar surface area (TPSA) is 79.3 Å². The van der Waals surface area contributed by atoms with Gasteiger partial charge in [0.15, 0.2) is 0 Å². The molecule has 1 fully saturated rings. The quantitative estimate of drug-likeness (QED) is 0.895. The van der Waals surface area contributed by atoms with E-state index in [0.29, 0.717) is 25.8 Å². The van der Waals surface area contributed by atoms with Gasteiger partial charge in [0, 0.05) is 16.7 Å². The van der Waals surface area contributed by atoms with Crippen LogP contribution >= 0.6 is 11.3 Å². The molecule has 0 radical (unpaired) electrons. The zero-order chi connectivity index (χ0) is 15.6. The van der Waals surface area contributed by atoms with Crippen LogP contribution in [0.5, 0.6) is 0 Å². The van der Waals surface area contributed by atoms with Crippen molar-refractivity contribution in [3.05, 3.63) is 16.1 Å². The summed E-state index contributed by atoms with van der Waals surface area (Å²) in [5.74, 6) is -1.38. The highest BCUT2D eigenvalue weighted by Crippen LogP contribution is 2.31. The normalized spacial score (nSPS) is 22.2. The highest BCUT2D eigenvalue weighted by molar-refractivity contribution is 7.09. The van der Waals surface area contributed by atoms with Crippen LogP contribution in [0.3, 0.4) is 0 Å². The summed E-state index contributed by atoms with van der Waals surface area (Å²) in [6.45, 7) is 6.74. The Bertz CT molecular complexity index is 533. The van der Waals surface area contributed by atoms with Gasteiger partial charge in [0.05, 0.1) is 18.2 Å². The monoisotopic (exact) mass is 310 g/mol. The van der Waals surface area contributed by atoms with E-state index < -0.39 is 5.97 Å². The van der Waals surface area contributed by atoms with Gasteiger partial charge in [0.2, 0.25) is 5.91 Å². The van der Waals surface area contributed by atoms with Crippen molar-refractivity contribution in [3.8, 4) is 0 Å². The molecule has 2 atom stereocenters. The van der Waals surface area contributed by atoms with Crippen molar-refractivity contribution >= 4 is 23.2 Å². The molecule has 1 aliphatic rings. The fourth-order valence-electron chi connectivity index (χ4n) is 2.49. The fourth-order valence-corrected chi connectivity index (χ4v) is 3.45. The molecule has 0 saturated heterocycles. The van der Waals surface area contributed by atoms with E-state index in [0.717, 1.165) is 10.7 Å². The minimum atomic E-state index is -0.792. The van der Waals surface area contributed by atoms with Crippen molar-refractivity contribution in [2.45, 2.75) is 52.0 Å². The van der Waals surface area contributed by atoms with E-state index in [4.69, 9.17) is 5.11 Å². The van der Waals surface area contributed by atoms with E-state index in [-0.39, 0.29) is 23.2 Å². The van der Waals surface area contributed by atoms with Crippen LogP contribution in [-0.2, 0) is 21.5 Å². The number of carbonyl (C=O) groups is 2. The molecule has 1 heterocycles. The summed E-state index contributed by atoms with van der Waals surface area (Å²) >= 11 is 1.55. The molecule has 0 bridgehead atoms. The number of amides is 1. The lowest BCUT2D eigenvalue weighted by Crippen LogP contribution is -2.29. The van der Waals surface area contributed by atoms with Crippen molar-refractivity contribution in [2.24, 2.45) is 11.8 Å². The van der Waals surface area contributed by atoms with Crippen molar-refractivity contribution < 1.29 is 14.7 Å². The number of aromatic nitrogens is 1. The standard InChI is InChI=1S/C15H22N2O3S/c1-15(2,3)11-8-21-12(17-11)7-16-13(18)9-4-5-10(6-9)14(19)20/h8-10H,4-7H2,1-3H3,(H,16,18)(H,19,20)/t9-,10+/m1/s1. The third kappa shape index (κ3) is 4.03. The van der Waals surface area contributed by atoms with Gasteiger partial charge in [-0.25, -0.2) is 4.98 Å². The Kier molecular flexibility index (Phi) is 4.66. The lowest BCUT2D eigenvalue weighted by molar-refractivity contribution is -0.141. The van der Waals surface area contributed by atoms with Gasteiger partial charge in [0.25, 0.3) is 0 Å². The van der Waals surface area contributed by atoms with Gasteiger partial charge >= 0.3 is 5.97 Å². The highest BCUT2D eigenvalue weighted by Gasteiger charge is 2.33. The number of nitrogens with zero attached hydrogens (tertiary/aromatic N) is 1. The van der Waals surface area contributed by atoms with Crippen LogP contribution in [0, 0.1) is 11.8 Å². The molecular weight excluding hydrogens is 288 g/mol. The molecule has 1 aliphatic carbocycles. The SMILES string of the molecule is CC(C)(C)c1csc(CNC(=O)[C@@H]2CC[C@H](C(=O)O)C2)n1. The maximum atomic E-state index is 12.1. The summed E-state index contributed by atoms with van der Waals surface area (Å²) in [5.41, 5.74) is 1.04. The molecule has 0 aromatic carbocycles. The number of rotatable bonds is 4. The van der Waals surface area contributed by atoms with E-state index in [1.165, 1.54) is 0 Å². The molecule has 0 spiro atoms. The second-order valence-electron chi connectivity index (χ2n) is 6.64. The minimum absolute atomic E-state index is 0.0128. The van der Waals surface area contributed by atoms with Crippen LogP contribution < -0.4 is 5.32 Å². The van der Waals surface area contributed by atoms with Gasteiger partial charge in [-0.15, -0.1) is 11.3 Å². The lowest BCUT2D eigenvalue weighted by Gasteiger charge is -2.14. The first-order valence-corrected chi connectivity index (χ1v) is 8.10. The van der Waals surface area contributed by atoms with Crippen LogP contribution in [0.1, 0.15) is 50.7 Å². The molecule has 5 nitrogen and oxygen atoms in total. The van der Waals surface area contributed by atoms with Crippen molar-refractivity contribution in [1.29, 1.82) is 0 Å². The summed E-state index contributed by atoms with van der Waals surface area (Å²) in [7, 11) is 0. The Hall–Kier alpha value is -1.43.